The van der Waals surface area contributed by atoms with Crippen LogP contribution in [0.2, 0.25) is 0 Å². The zero-order chi connectivity index (χ0) is 12.6. The minimum absolute atomic E-state index is 0.190. The number of aliphatic hydroxyl groups is 1. The lowest BCUT2D eigenvalue weighted by Gasteiger charge is -2.27. The molecule has 0 spiro atoms. The highest BCUT2D eigenvalue weighted by molar-refractivity contribution is 4.66. The molecule has 0 aliphatic rings. The highest BCUT2D eigenvalue weighted by atomic mass is 16.3. The Labute approximate surface area is 101 Å². The Kier molecular flexibility index (Phi) is 8.84. The molecule has 1 unspecified atom stereocenters. The van der Waals surface area contributed by atoms with Crippen molar-refractivity contribution in [1.29, 1.82) is 0 Å². The predicted octanol–water partition coefficient (Wildman–Crippen LogP) is 0.183. The maximum absolute atomic E-state index is 9.69. The van der Waals surface area contributed by atoms with Crippen molar-refractivity contribution in [2.24, 2.45) is 0 Å². The van der Waals surface area contributed by atoms with E-state index in [2.05, 4.69) is 42.9 Å². The van der Waals surface area contributed by atoms with Crippen LogP contribution < -0.4 is 0 Å². The van der Waals surface area contributed by atoms with Crippen LogP contribution in [0.3, 0.4) is 0 Å². The molecule has 0 fully saturated rings. The molecule has 0 aromatic heterocycles. The van der Waals surface area contributed by atoms with Crippen molar-refractivity contribution in [2.75, 3.05) is 60.9 Å². The highest BCUT2D eigenvalue weighted by Gasteiger charge is 2.10. The average molecular weight is 231 g/mol. The van der Waals surface area contributed by atoms with Crippen molar-refractivity contribution >= 4 is 0 Å². The fourth-order valence-electron chi connectivity index (χ4n) is 1.40. The zero-order valence-electron chi connectivity index (χ0n) is 11.6. The fourth-order valence-corrected chi connectivity index (χ4v) is 1.40. The molecular weight excluding hydrogens is 202 g/mol. The molecule has 1 atom stereocenters. The first-order valence-corrected chi connectivity index (χ1v) is 6.15. The largest absolute Gasteiger partial charge is 0.392 e. The fraction of sp³-hybridized carbons (Fsp3) is 1.00. The molecule has 0 aromatic carbocycles. The Balaban J connectivity index is 3.94. The van der Waals surface area contributed by atoms with E-state index in [1.165, 1.54) is 0 Å². The summed E-state index contributed by atoms with van der Waals surface area (Å²) in [5.74, 6) is 0. The summed E-state index contributed by atoms with van der Waals surface area (Å²) in [5.41, 5.74) is 0. The molecule has 1 N–H and O–H groups in total. The number of aliphatic hydroxyl groups excluding tert-OH is 1. The standard InChI is InChI=1S/C12H29N3O/c1-6-12(16)11-15(9-7-13(2)3)10-8-14(4)5/h12,16H,6-11H2,1-5H3. The number of rotatable bonds is 9. The third kappa shape index (κ3) is 9.09. The van der Waals surface area contributed by atoms with Gasteiger partial charge in [-0.3, -0.25) is 4.90 Å². The molecule has 0 saturated heterocycles. The first-order valence-electron chi connectivity index (χ1n) is 6.15. The average Bonchev–Trinajstić information content (AvgIpc) is 2.21. The number of hydrogen-bond acceptors (Lipinski definition) is 4. The smallest absolute Gasteiger partial charge is 0.0664 e. The van der Waals surface area contributed by atoms with Crippen LogP contribution in [0.4, 0.5) is 0 Å². The van der Waals surface area contributed by atoms with E-state index in [4.69, 9.17) is 0 Å². The lowest BCUT2D eigenvalue weighted by atomic mass is 10.2. The molecule has 0 aliphatic carbocycles. The van der Waals surface area contributed by atoms with Crippen LogP contribution in [-0.4, -0.2) is 86.8 Å². The molecule has 0 saturated carbocycles. The molecule has 4 nitrogen and oxygen atoms in total. The number of hydrogen-bond donors (Lipinski definition) is 1. The highest BCUT2D eigenvalue weighted by Crippen LogP contribution is 1.97. The van der Waals surface area contributed by atoms with E-state index in [1.54, 1.807) is 0 Å². The molecule has 0 heterocycles. The Morgan fingerprint density at radius 3 is 1.62 bits per heavy atom. The van der Waals surface area contributed by atoms with Crippen molar-refractivity contribution in [1.82, 2.24) is 14.7 Å². The van der Waals surface area contributed by atoms with Crippen molar-refractivity contribution in [2.45, 2.75) is 19.4 Å². The van der Waals surface area contributed by atoms with Gasteiger partial charge in [-0.05, 0) is 34.6 Å². The van der Waals surface area contributed by atoms with Gasteiger partial charge in [0.15, 0.2) is 0 Å². The van der Waals surface area contributed by atoms with E-state index in [1.807, 2.05) is 6.92 Å². The molecule has 0 radical (unpaired) electrons. The second-order valence-electron chi connectivity index (χ2n) is 4.97. The normalized spacial score (nSPS) is 14.1. The molecular formula is C12H29N3O. The summed E-state index contributed by atoms with van der Waals surface area (Å²) in [6.45, 7) is 6.96. The lowest BCUT2D eigenvalue weighted by Crippen LogP contribution is -2.40. The van der Waals surface area contributed by atoms with Crippen LogP contribution in [0.15, 0.2) is 0 Å². The van der Waals surface area contributed by atoms with Gasteiger partial charge >= 0.3 is 0 Å². The quantitative estimate of drug-likeness (QED) is 0.613. The molecule has 98 valence electrons. The van der Waals surface area contributed by atoms with Gasteiger partial charge in [0.2, 0.25) is 0 Å². The maximum atomic E-state index is 9.69. The van der Waals surface area contributed by atoms with E-state index in [-0.39, 0.29) is 6.10 Å². The third-order valence-electron chi connectivity index (χ3n) is 2.67. The number of likely N-dealkylation sites (N-methyl/N-ethyl adjacent to an activating group) is 2. The van der Waals surface area contributed by atoms with Crippen molar-refractivity contribution in [3.8, 4) is 0 Å². The van der Waals surface area contributed by atoms with E-state index >= 15 is 0 Å². The van der Waals surface area contributed by atoms with Crippen molar-refractivity contribution in [3.05, 3.63) is 0 Å². The molecule has 0 aliphatic heterocycles. The predicted molar refractivity (Wildman–Crippen MR) is 69.8 cm³/mol. The summed E-state index contributed by atoms with van der Waals surface area (Å²) < 4.78 is 0. The molecule has 0 amide bonds. The van der Waals surface area contributed by atoms with Crippen LogP contribution in [0.1, 0.15) is 13.3 Å². The SMILES string of the molecule is CCC(O)CN(CCN(C)C)CCN(C)C. The second kappa shape index (κ2) is 8.93. The van der Waals surface area contributed by atoms with E-state index < -0.39 is 0 Å². The second-order valence-corrected chi connectivity index (χ2v) is 4.97. The van der Waals surface area contributed by atoms with Crippen LogP contribution in [0, 0.1) is 0 Å². The first-order chi connectivity index (χ1) is 7.45. The van der Waals surface area contributed by atoms with Crippen LogP contribution in [0.25, 0.3) is 0 Å². The molecule has 0 aromatic rings. The van der Waals surface area contributed by atoms with Crippen molar-refractivity contribution < 1.29 is 5.11 Å². The monoisotopic (exact) mass is 231 g/mol. The summed E-state index contributed by atoms with van der Waals surface area (Å²) in [4.78, 5) is 6.70. The van der Waals surface area contributed by atoms with E-state index in [0.717, 1.165) is 39.1 Å². The molecule has 16 heavy (non-hydrogen) atoms. The summed E-state index contributed by atoms with van der Waals surface area (Å²) in [6, 6.07) is 0. The summed E-state index contributed by atoms with van der Waals surface area (Å²) in [6.07, 6.45) is 0.643. The van der Waals surface area contributed by atoms with Gasteiger partial charge in [0.25, 0.3) is 0 Å². The zero-order valence-corrected chi connectivity index (χ0v) is 11.6. The van der Waals surface area contributed by atoms with Gasteiger partial charge in [0.05, 0.1) is 6.10 Å². The first kappa shape index (κ1) is 15.8. The summed E-state index contributed by atoms with van der Waals surface area (Å²) in [5, 5.41) is 9.69. The Bertz CT molecular complexity index is 150. The Morgan fingerprint density at radius 1 is 0.875 bits per heavy atom. The maximum Gasteiger partial charge on any atom is 0.0664 e. The van der Waals surface area contributed by atoms with Gasteiger partial charge in [-0.15, -0.1) is 0 Å². The lowest BCUT2D eigenvalue weighted by molar-refractivity contribution is 0.101. The summed E-state index contributed by atoms with van der Waals surface area (Å²) in [7, 11) is 8.33. The van der Waals surface area contributed by atoms with Crippen LogP contribution in [0.5, 0.6) is 0 Å². The van der Waals surface area contributed by atoms with E-state index in [0.29, 0.717) is 0 Å². The van der Waals surface area contributed by atoms with Gasteiger partial charge in [0, 0.05) is 32.7 Å². The topological polar surface area (TPSA) is 30.0 Å². The Morgan fingerprint density at radius 2 is 1.31 bits per heavy atom. The number of nitrogens with zero attached hydrogens (tertiary/aromatic N) is 3. The summed E-state index contributed by atoms with van der Waals surface area (Å²) >= 11 is 0. The van der Waals surface area contributed by atoms with Gasteiger partial charge in [0.1, 0.15) is 0 Å². The van der Waals surface area contributed by atoms with Gasteiger partial charge < -0.3 is 14.9 Å². The van der Waals surface area contributed by atoms with Crippen LogP contribution in [-0.2, 0) is 0 Å². The van der Waals surface area contributed by atoms with Crippen molar-refractivity contribution in [3.63, 3.8) is 0 Å². The van der Waals surface area contributed by atoms with Gasteiger partial charge in [-0.1, -0.05) is 6.92 Å². The minimum atomic E-state index is -0.190. The van der Waals surface area contributed by atoms with E-state index in [9.17, 15) is 5.11 Å². The van der Waals surface area contributed by atoms with Gasteiger partial charge in [-0.25, -0.2) is 0 Å². The van der Waals surface area contributed by atoms with Crippen LogP contribution >= 0.6 is 0 Å². The molecule has 4 heteroatoms. The Hall–Kier alpha value is -0.160. The molecule has 0 bridgehead atoms. The molecule has 0 rings (SSSR count). The van der Waals surface area contributed by atoms with Gasteiger partial charge in [-0.2, -0.15) is 0 Å². The minimum Gasteiger partial charge on any atom is -0.392 e. The third-order valence-corrected chi connectivity index (χ3v) is 2.67.